The van der Waals surface area contributed by atoms with Crippen molar-refractivity contribution >= 4 is 5.91 Å². The van der Waals surface area contributed by atoms with Gasteiger partial charge in [0.2, 0.25) is 5.56 Å². The van der Waals surface area contributed by atoms with Crippen LogP contribution in [0.2, 0.25) is 0 Å². The maximum Gasteiger partial charge on any atom is 0.252 e. The van der Waals surface area contributed by atoms with Crippen LogP contribution in [0.4, 0.5) is 0 Å². The molecule has 0 saturated heterocycles. The van der Waals surface area contributed by atoms with E-state index in [4.69, 9.17) is 4.74 Å². The molecule has 2 heterocycles. The fourth-order valence-corrected chi connectivity index (χ4v) is 2.41. The number of carbonyl (C=O) groups excluding carboxylic acids is 1. The predicted octanol–water partition coefficient (Wildman–Crippen LogP) is 1.36. The molecule has 0 fully saturated rings. The topological polar surface area (TPSA) is 71.2 Å². The van der Waals surface area contributed by atoms with Gasteiger partial charge in [0.15, 0.2) is 0 Å². The van der Waals surface area contributed by atoms with Gasteiger partial charge in [0.25, 0.3) is 5.91 Å². The Bertz CT molecular complexity index is 688. The number of ether oxygens (including phenoxy) is 1. The molecule has 0 bridgehead atoms. The summed E-state index contributed by atoms with van der Waals surface area (Å²) in [6.07, 6.45) is 2.31. The van der Waals surface area contributed by atoms with Crippen LogP contribution in [-0.4, -0.2) is 24.0 Å². The number of amides is 1. The maximum atomic E-state index is 12.0. The third kappa shape index (κ3) is 3.13. The number of hydrogen-bond acceptors (Lipinski definition) is 3. The molecule has 2 N–H and O–H groups in total. The van der Waals surface area contributed by atoms with Crippen LogP contribution in [0.1, 0.15) is 15.9 Å². The van der Waals surface area contributed by atoms with E-state index in [1.165, 1.54) is 23.9 Å². The van der Waals surface area contributed by atoms with Gasteiger partial charge in [-0.25, -0.2) is 0 Å². The summed E-state index contributed by atoms with van der Waals surface area (Å²) in [6.45, 7) is 1.15. The summed E-state index contributed by atoms with van der Waals surface area (Å²) in [5.41, 5.74) is 1.41. The number of carbonyl (C=O) groups is 1. The SMILES string of the molecule is O=C(NC[C@@H]1COc2ccccc2C1)c1ccc(=O)[nH]c1. The van der Waals surface area contributed by atoms with E-state index in [-0.39, 0.29) is 17.4 Å². The summed E-state index contributed by atoms with van der Waals surface area (Å²) < 4.78 is 5.69. The molecule has 1 aliphatic rings. The van der Waals surface area contributed by atoms with Crippen molar-refractivity contribution in [3.8, 4) is 5.75 Å². The number of nitrogens with one attached hydrogen (secondary N) is 2. The Hall–Kier alpha value is -2.56. The summed E-state index contributed by atoms with van der Waals surface area (Å²) >= 11 is 0. The molecule has 1 aromatic carbocycles. The van der Waals surface area contributed by atoms with Gasteiger partial charge >= 0.3 is 0 Å². The molecule has 2 aromatic rings. The number of benzene rings is 1. The van der Waals surface area contributed by atoms with E-state index >= 15 is 0 Å². The van der Waals surface area contributed by atoms with Crippen LogP contribution in [0, 0.1) is 5.92 Å². The summed E-state index contributed by atoms with van der Waals surface area (Å²) in [5, 5.41) is 2.88. The van der Waals surface area contributed by atoms with Crippen LogP contribution in [0.25, 0.3) is 0 Å². The van der Waals surface area contributed by atoms with Crippen LogP contribution in [0.5, 0.6) is 5.75 Å². The predicted molar refractivity (Wildman–Crippen MR) is 78.5 cm³/mol. The number of aromatic amines is 1. The average Bonchev–Trinajstić information content (AvgIpc) is 2.53. The van der Waals surface area contributed by atoms with Gasteiger partial charge in [0.05, 0.1) is 12.2 Å². The quantitative estimate of drug-likeness (QED) is 0.894. The zero-order valence-electron chi connectivity index (χ0n) is 11.5. The van der Waals surface area contributed by atoms with Gasteiger partial charge in [0, 0.05) is 24.7 Å². The largest absolute Gasteiger partial charge is 0.493 e. The lowest BCUT2D eigenvalue weighted by Crippen LogP contribution is -2.35. The van der Waals surface area contributed by atoms with Gasteiger partial charge in [-0.1, -0.05) is 18.2 Å². The van der Waals surface area contributed by atoms with E-state index in [1.807, 2.05) is 24.3 Å². The Morgan fingerprint density at radius 3 is 2.95 bits per heavy atom. The first-order valence-electron chi connectivity index (χ1n) is 6.90. The molecule has 3 rings (SSSR count). The highest BCUT2D eigenvalue weighted by Crippen LogP contribution is 2.26. The number of fused-ring (bicyclic) bond motifs is 1. The Morgan fingerprint density at radius 1 is 1.29 bits per heavy atom. The molecule has 21 heavy (non-hydrogen) atoms. The minimum atomic E-state index is -0.219. The third-order valence-corrected chi connectivity index (χ3v) is 3.55. The summed E-state index contributed by atoms with van der Waals surface area (Å²) in [7, 11) is 0. The number of pyridine rings is 1. The smallest absolute Gasteiger partial charge is 0.252 e. The van der Waals surface area contributed by atoms with Gasteiger partial charge in [-0.3, -0.25) is 9.59 Å². The molecular formula is C16H16N2O3. The maximum absolute atomic E-state index is 12.0. The van der Waals surface area contributed by atoms with Crippen molar-refractivity contribution in [2.24, 2.45) is 5.92 Å². The molecule has 0 unspecified atom stereocenters. The van der Waals surface area contributed by atoms with Crippen molar-refractivity contribution in [1.82, 2.24) is 10.3 Å². The first-order valence-corrected chi connectivity index (χ1v) is 6.90. The van der Waals surface area contributed by atoms with E-state index in [0.29, 0.717) is 18.7 Å². The lowest BCUT2D eigenvalue weighted by Gasteiger charge is -2.25. The number of H-pyrrole nitrogens is 1. The highest BCUT2D eigenvalue weighted by molar-refractivity contribution is 5.93. The second-order valence-corrected chi connectivity index (χ2v) is 5.14. The zero-order chi connectivity index (χ0) is 14.7. The first-order chi connectivity index (χ1) is 10.2. The minimum Gasteiger partial charge on any atom is -0.493 e. The van der Waals surface area contributed by atoms with Crippen molar-refractivity contribution < 1.29 is 9.53 Å². The van der Waals surface area contributed by atoms with E-state index in [2.05, 4.69) is 10.3 Å². The second-order valence-electron chi connectivity index (χ2n) is 5.14. The van der Waals surface area contributed by atoms with Crippen LogP contribution in [-0.2, 0) is 6.42 Å². The summed E-state index contributed by atoms with van der Waals surface area (Å²) in [4.78, 5) is 25.4. The number of rotatable bonds is 3. The molecule has 1 amide bonds. The molecule has 0 radical (unpaired) electrons. The van der Waals surface area contributed by atoms with Crippen LogP contribution in [0.15, 0.2) is 47.4 Å². The van der Waals surface area contributed by atoms with Crippen molar-refractivity contribution in [3.05, 3.63) is 64.1 Å². The number of aromatic nitrogens is 1. The second kappa shape index (κ2) is 5.83. The Labute approximate surface area is 122 Å². The van der Waals surface area contributed by atoms with Crippen molar-refractivity contribution in [2.75, 3.05) is 13.2 Å². The molecule has 5 heteroatoms. The van der Waals surface area contributed by atoms with E-state index in [1.54, 1.807) is 0 Å². The molecule has 1 aromatic heterocycles. The molecule has 1 aliphatic heterocycles. The zero-order valence-corrected chi connectivity index (χ0v) is 11.5. The lowest BCUT2D eigenvalue weighted by atomic mass is 9.97. The Morgan fingerprint density at radius 2 is 2.14 bits per heavy atom. The van der Waals surface area contributed by atoms with Crippen LogP contribution in [0.3, 0.4) is 0 Å². The molecular weight excluding hydrogens is 268 g/mol. The molecule has 0 spiro atoms. The van der Waals surface area contributed by atoms with Crippen molar-refractivity contribution in [1.29, 1.82) is 0 Å². The molecule has 0 saturated carbocycles. The third-order valence-electron chi connectivity index (χ3n) is 3.55. The molecule has 108 valence electrons. The van der Waals surface area contributed by atoms with Gasteiger partial charge in [-0.2, -0.15) is 0 Å². The fourth-order valence-electron chi connectivity index (χ4n) is 2.41. The summed E-state index contributed by atoms with van der Waals surface area (Å²) in [5.74, 6) is 0.998. The Kier molecular flexibility index (Phi) is 3.73. The highest BCUT2D eigenvalue weighted by atomic mass is 16.5. The van der Waals surface area contributed by atoms with Crippen molar-refractivity contribution in [2.45, 2.75) is 6.42 Å². The van der Waals surface area contributed by atoms with Gasteiger partial charge in [-0.15, -0.1) is 0 Å². The van der Waals surface area contributed by atoms with E-state index in [9.17, 15) is 9.59 Å². The normalized spacial score (nSPS) is 16.7. The standard InChI is InChI=1S/C16H16N2O3/c19-15-6-5-13(9-17-15)16(20)18-8-11-7-12-3-1-2-4-14(12)21-10-11/h1-6,9,11H,7-8,10H2,(H,17,19)(H,18,20)/t11-/m1/s1. The Balaban J connectivity index is 1.58. The molecule has 0 aliphatic carbocycles. The minimum absolute atomic E-state index is 0.190. The van der Waals surface area contributed by atoms with Crippen molar-refractivity contribution in [3.63, 3.8) is 0 Å². The van der Waals surface area contributed by atoms with Gasteiger partial charge < -0.3 is 15.0 Å². The van der Waals surface area contributed by atoms with Crippen LogP contribution >= 0.6 is 0 Å². The molecule has 1 atom stereocenters. The van der Waals surface area contributed by atoms with Gasteiger partial charge in [-0.05, 0) is 24.1 Å². The van der Waals surface area contributed by atoms with Gasteiger partial charge in [0.1, 0.15) is 5.75 Å². The first kappa shape index (κ1) is 13.4. The highest BCUT2D eigenvalue weighted by Gasteiger charge is 2.20. The lowest BCUT2D eigenvalue weighted by molar-refractivity contribution is 0.0938. The van der Waals surface area contributed by atoms with E-state index in [0.717, 1.165) is 12.2 Å². The van der Waals surface area contributed by atoms with E-state index < -0.39 is 0 Å². The molecule has 5 nitrogen and oxygen atoms in total. The number of para-hydroxylation sites is 1. The van der Waals surface area contributed by atoms with Crippen LogP contribution < -0.4 is 15.6 Å². The number of hydrogen-bond donors (Lipinski definition) is 2. The monoisotopic (exact) mass is 284 g/mol. The average molecular weight is 284 g/mol. The summed E-state index contributed by atoms with van der Waals surface area (Å²) in [6, 6.07) is 10.8. The fraction of sp³-hybridized carbons (Fsp3) is 0.250.